The van der Waals surface area contributed by atoms with Gasteiger partial charge in [-0.2, -0.15) is 0 Å². The summed E-state index contributed by atoms with van der Waals surface area (Å²) in [5.41, 5.74) is 1.08. The molecule has 0 spiro atoms. The standard InChI is InChI=1S/C16H12O3S/c1-19-14-8-13(18)11(9-17)6-12(14)16-7-10-4-2-3-5-15(10)20-16/h2-9,18H,1H3. The van der Waals surface area contributed by atoms with Gasteiger partial charge in [-0.05, 0) is 23.6 Å². The molecule has 2 aromatic carbocycles. The highest BCUT2D eigenvalue weighted by atomic mass is 32.1. The molecule has 0 unspecified atom stereocenters. The topological polar surface area (TPSA) is 46.5 Å². The molecule has 4 heteroatoms. The van der Waals surface area contributed by atoms with Crippen molar-refractivity contribution < 1.29 is 14.6 Å². The number of hydrogen-bond donors (Lipinski definition) is 1. The summed E-state index contributed by atoms with van der Waals surface area (Å²) in [5.74, 6) is 0.487. The van der Waals surface area contributed by atoms with Gasteiger partial charge in [-0.25, -0.2) is 0 Å². The van der Waals surface area contributed by atoms with Gasteiger partial charge in [0.15, 0.2) is 6.29 Å². The molecular weight excluding hydrogens is 272 g/mol. The van der Waals surface area contributed by atoms with Crippen LogP contribution in [0.25, 0.3) is 20.5 Å². The van der Waals surface area contributed by atoms with Crippen LogP contribution in [0.15, 0.2) is 42.5 Å². The number of aldehydes is 1. The van der Waals surface area contributed by atoms with E-state index in [1.807, 2.05) is 18.2 Å². The molecule has 3 aromatic rings. The number of benzene rings is 2. The van der Waals surface area contributed by atoms with Gasteiger partial charge in [0.2, 0.25) is 0 Å². The lowest BCUT2D eigenvalue weighted by molar-refractivity contribution is 0.112. The predicted molar refractivity (Wildman–Crippen MR) is 80.9 cm³/mol. The minimum absolute atomic E-state index is 0.0679. The Kier molecular flexibility index (Phi) is 3.16. The zero-order valence-corrected chi connectivity index (χ0v) is 11.6. The van der Waals surface area contributed by atoms with Crippen LogP contribution >= 0.6 is 11.3 Å². The molecule has 0 saturated carbocycles. The molecular formula is C16H12O3S. The number of fused-ring (bicyclic) bond motifs is 1. The molecule has 100 valence electrons. The number of ether oxygens (including phenoxy) is 1. The fraction of sp³-hybridized carbons (Fsp3) is 0.0625. The maximum absolute atomic E-state index is 11.0. The number of rotatable bonds is 3. The molecule has 3 nitrogen and oxygen atoms in total. The molecule has 1 aromatic heterocycles. The van der Waals surface area contributed by atoms with E-state index < -0.39 is 0 Å². The van der Waals surface area contributed by atoms with E-state index in [0.29, 0.717) is 12.0 Å². The molecule has 3 rings (SSSR count). The van der Waals surface area contributed by atoms with Crippen LogP contribution in [-0.4, -0.2) is 18.5 Å². The van der Waals surface area contributed by atoms with Gasteiger partial charge in [-0.15, -0.1) is 11.3 Å². The molecule has 0 aliphatic carbocycles. The van der Waals surface area contributed by atoms with Crippen LogP contribution in [0.3, 0.4) is 0 Å². The molecule has 0 atom stereocenters. The summed E-state index contributed by atoms with van der Waals surface area (Å²) in [6.45, 7) is 0. The zero-order valence-electron chi connectivity index (χ0n) is 10.8. The van der Waals surface area contributed by atoms with Crippen LogP contribution in [0.1, 0.15) is 10.4 Å². The van der Waals surface area contributed by atoms with Crippen LogP contribution in [0.5, 0.6) is 11.5 Å². The van der Waals surface area contributed by atoms with Crippen LogP contribution < -0.4 is 4.74 Å². The predicted octanol–water partition coefficient (Wildman–Crippen LogP) is 4.10. The fourth-order valence-electron chi connectivity index (χ4n) is 2.16. The maximum atomic E-state index is 11.0. The Morgan fingerprint density at radius 1 is 1.20 bits per heavy atom. The number of methoxy groups -OCH3 is 1. The van der Waals surface area contributed by atoms with Gasteiger partial charge >= 0.3 is 0 Å². The van der Waals surface area contributed by atoms with E-state index in [1.54, 1.807) is 24.5 Å². The van der Waals surface area contributed by atoms with E-state index >= 15 is 0 Å². The van der Waals surface area contributed by atoms with Crippen molar-refractivity contribution in [1.29, 1.82) is 0 Å². The van der Waals surface area contributed by atoms with Gasteiger partial charge < -0.3 is 9.84 Å². The molecule has 0 bridgehead atoms. The van der Waals surface area contributed by atoms with E-state index in [1.165, 1.54) is 10.8 Å². The van der Waals surface area contributed by atoms with Crippen molar-refractivity contribution in [2.24, 2.45) is 0 Å². The SMILES string of the molecule is COc1cc(O)c(C=O)cc1-c1cc2ccccc2s1. The molecule has 1 N–H and O–H groups in total. The van der Waals surface area contributed by atoms with Crippen LogP contribution in [-0.2, 0) is 0 Å². The minimum Gasteiger partial charge on any atom is -0.507 e. The Labute approximate surface area is 120 Å². The average molecular weight is 284 g/mol. The number of aromatic hydroxyl groups is 1. The second-order valence-corrected chi connectivity index (χ2v) is 5.46. The van der Waals surface area contributed by atoms with Crippen molar-refractivity contribution in [2.75, 3.05) is 7.11 Å². The highest BCUT2D eigenvalue weighted by Gasteiger charge is 2.13. The lowest BCUT2D eigenvalue weighted by Crippen LogP contribution is -1.90. The summed E-state index contributed by atoms with van der Waals surface area (Å²) in [6, 6.07) is 13.3. The first-order chi connectivity index (χ1) is 9.72. The number of carbonyl (C=O) groups excluding carboxylic acids is 1. The number of hydrogen-bond acceptors (Lipinski definition) is 4. The first kappa shape index (κ1) is 12.7. The van der Waals surface area contributed by atoms with E-state index in [2.05, 4.69) is 12.1 Å². The summed E-state index contributed by atoms with van der Waals surface area (Å²) in [5, 5.41) is 10.9. The fourth-order valence-corrected chi connectivity index (χ4v) is 3.24. The Hall–Kier alpha value is -2.33. The average Bonchev–Trinajstić information content (AvgIpc) is 2.90. The summed E-state index contributed by atoms with van der Waals surface area (Å²) < 4.78 is 6.48. The van der Waals surface area contributed by atoms with Crippen molar-refractivity contribution in [3.05, 3.63) is 48.0 Å². The normalized spacial score (nSPS) is 10.7. The third-order valence-corrected chi connectivity index (χ3v) is 4.32. The van der Waals surface area contributed by atoms with Gasteiger partial charge in [0.05, 0.1) is 12.7 Å². The van der Waals surface area contributed by atoms with Gasteiger partial charge in [0.25, 0.3) is 0 Å². The van der Waals surface area contributed by atoms with E-state index in [0.717, 1.165) is 15.8 Å². The van der Waals surface area contributed by atoms with Crippen molar-refractivity contribution in [2.45, 2.75) is 0 Å². The molecule has 0 saturated heterocycles. The lowest BCUT2D eigenvalue weighted by atomic mass is 10.1. The Morgan fingerprint density at radius 2 is 2.00 bits per heavy atom. The second kappa shape index (κ2) is 4.98. The molecule has 0 amide bonds. The summed E-state index contributed by atoms with van der Waals surface area (Å²) in [4.78, 5) is 12.0. The largest absolute Gasteiger partial charge is 0.507 e. The smallest absolute Gasteiger partial charge is 0.153 e. The first-order valence-electron chi connectivity index (χ1n) is 6.08. The third kappa shape index (κ3) is 2.04. The van der Waals surface area contributed by atoms with Gasteiger partial charge in [-0.3, -0.25) is 4.79 Å². The molecule has 0 radical (unpaired) electrons. The molecule has 0 aliphatic heterocycles. The van der Waals surface area contributed by atoms with E-state index in [4.69, 9.17) is 4.74 Å². The van der Waals surface area contributed by atoms with Crippen molar-refractivity contribution in [3.63, 3.8) is 0 Å². The van der Waals surface area contributed by atoms with Gasteiger partial charge in [0, 0.05) is 21.2 Å². The Morgan fingerprint density at radius 3 is 2.70 bits per heavy atom. The van der Waals surface area contributed by atoms with E-state index in [9.17, 15) is 9.90 Å². The highest BCUT2D eigenvalue weighted by molar-refractivity contribution is 7.22. The number of thiophene rings is 1. The molecule has 0 fully saturated rings. The highest BCUT2D eigenvalue weighted by Crippen LogP contribution is 2.40. The minimum atomic E-state index is -0.0679. The second-order valence-electron chi connectivity index (χ2n) is 4.38. The lowest BCUT2D eigenvalue weighted by Gasteiger charge is -2.08. The van der Waals surface area contributed by atoms with Gasteiger partial charge in [-0.1, -0.05) is 18.2 Å². The summed E-state index contributed by atoms with van der Waals surface area (Å²) in [6.07, 6.45) is 0.644. The summed E-state index contributed by atoms with van der Waals surface area (Å²) >= 11 is 1.63. The molecule has 0 aliphatic rings. The van der Waals surface area contributed by atoms with Gasteiger partial charge in [0.1, 0.15) is 11.5 Å². The molecule has 20 heavy (non-hydrogen) atoms. The van der Waals surface area contributed by atoms with Crippen LogP contribution in [0, 0.1) is 0 Å². The zero-order chi connectivity index (χ0) is 14.1. The van der Waals surface area contributed by atoms with Crippen LogP contribution in [0.2, 0.25) is 0 Å². The monoisotopic (exact) mass is 284 g/mol. The van der Waals surface area contributed by atoms with Crippen molar-refractivity contribution in [1.82, 2.24) is 0 Å². The van der Waals surface area contributed by atoms with E-state index in [-0.39, 0.29) is 11.3 Å². The summed E-state index contributed by atoms with van der Waals surface area (Å²) in [7, 11) is 1.55. The van der Waals surface area contributed by atoms with Crippen LogP contribution in [0.4, 0.5) is 0 Å². The number of phenols is 1. The third-order valence-electron chi connectivity index (χ3n) is 3.17. The Balaban J connectivity index is 2.24. The number of carbonyl (C=O) groups is 1. The van der Waals surface area contributed by atoms with Crippen molar-refractivity contribution >= 4 is 27.7 Å². The number of phenolic OH excluding ortho intramolecular Hbond substituents is 1. The first-order valence-corrected chi connectivity index (χ1v) is 6.89. The van der Waals surface area contributed by atoms with Crippen molar-refractivity contribution in [3.8, 4) is 21.9 Å². The Bertz CT molecular complexity index is 757. The molecule has 1 heterocycles. The maximum Gasteiger partial charge on any atom is 0.153 e. The quantitative estimate of drug-likeness (QED) is 0.737.